The van der Waals surface area contributed by atoms with Gasteiger partial charge in [0, 0.05) is 30.8 Å². The number of benzene rings is 3. The van der Waals surface area contributed by atoms with Gasteiger partial charge in [-0.1, -0.05) is 40.9 Å². The maximum atomic E-state index is 14.1. The van der Waals surface area contributed by atoms with Crippen LogP contribution >= 0.6 is 34.8 Å². The van der Waals surface area contributed by atoms with Crippen molar-refractivity contribution in [1.29, 1.82) is 0 Å². The van der Waals surface area contributed by atoms with Crippen LogP contribution in [-0.2, 0) is 16.0 Å². The summed E-state index contributed by atoms with van der Waals surface area (Å²) in [6.45, 7) is 6.33. The average Bonchev–Trinajstić information content (AvgIpc) is 2.96. The molecule has 0 fully saturated rings. The number of urea groups is 1. The minimum absolute atomic E-state index is 0.0533. The Balaban J connectivity index is 1.66. The summed E-state index contributed by atoms with van der Waals surface area (Å²) in [5.41, 5.74) is 3.76. The van der Waals surface area contributed by atoms with Gasteiger partial charge >= 0.3 is 18.1 Å². The molecule has 3 aromatic rings. The molecule has 12 heteroatoms. The molecule has 2 aliphatic heterocycles. The highest BCUT2D eigenvalue weighted by atomic mass is 35.5. The van der Waals surface area contributed by atoms with Crippen LogP contribution in [0.2, 0.25) is 15.1 Å². The second kappa shape index (κ2) is 12.3. The normalized spacial score (nSPS) is 14.9. The molecule has 0 atom stereocenters. The zero-order valence-electron chi connectivity index (χ0n) is 24.4. The molecule has 2 heterocycles. The Morgan fingerprint density at radius 2 is 1.68 bits per heavy atom. The van der Waals surface area contributed by atoms with Crippen molar-refractivity contribution in [3.05, 3.63) is 86.1 Å². The van der Waals surface area contributed by atoms with Crippen molar-refractivity contribution in [3.63, 3.8) is 0 Å². The Bertz CT molecular complexity index is 1700. The van der Waals surface area contributed by atoms with Gasteiger partial charge in [-0.2, -0.15) is 0 Å². The van der Waals surface area contributed by atoms with Crippen molar-refractivity contribution >= 4 is 69.8 Å². The van der Waals surface area contributed by atoms with Crippen molar-refractivity contribution < 1.29 is 28.2 Å². The van der Waals surface area contributed by atoms with Gasteiger partial charge in [0.25, 0.3) is 0 Å². The van der Waals surface area contributed by atoms with Gasteiger partial charge in [-0.05, 0) is 86.4 Å². The zero-order valence-corrected chi connectivity index (χ0v) is 26.7. The second-order valence-electron chi connectivity index (χ2n) is 11.3. The topological polar surface area (TPSA) is 88.2 Å². The van der Waals surface area contributed by atoms with E-state index in [2.05, 4.69) is 5.32 Å². The quantitative estimate of drug-likeness (QED) is 0.283. The molecule has 230 valence electrons. The van der Waals surface area contributed by atoms with Crippen LogP contribution in [0.15, 0.2) is 48.5 Å². The summed E-state index contributed by atoms with van der Waals surface area (Å²) >= 11 is 19.8. The summed E-state index contributed by atoms with van der Waals surface area (Å²) in [5.74, 6) is -1.12. The molecule has 0 aliphatic carbocycles. The lowest BCUT2D eigenvalue weighted by Crippen LogP contribution is -2.42. The van der Waals surface area contributed by atoms with Crippen LogP contribution in [0.5, 0.6) is 0 Å². The number of hydrogen-bond acceptors (Lipinski definition) is 5. The molecule has 0 bridgehead atoms. The zero-order chi connectivity index (χ0) is 31.9. The van der Waals surface area contributed by atoms with Gasteiger partial charge in [-0.15, -0.1) is 0 Å². The van der Waals surface area contributed by atoms with Gasteiger partial charge in [0.05, 0.1) is 39.1 Å². The molecule has 5 rings (SSSR count). The molecular weight excluding hydrogens is 632 g/mol. The summed E-state index contributed by atoms with van der Waals surface area (Å²) in [6, 6.07) is 10.2. The number of halogens is 4. The Labute approximate surface area is 269 Å². The molecule has 1 N–H and O–H groups in total. The van der Waals surface area contributed by atoms with E-state index in [1.54, 1.807) is 11.0 Å². The Kier molecular flexibility index (Phi) is 8.84. The van der Waals surface area contributed by atoms with Gasteiger partial charge in [-0.3, -0.25) is 4.90 Å². The molecule has 8 nitrogen and oxygen atoms in total. The van der Waals surface area contributed by atoms with Crippen LogP contribution < -0.4 is 10.2 Å². The number of esters is 1. The molecule has 0 radical (unpaired) electrons. The summed E-state index contributed by atoms with van der Waals surface area (Å²) in [7, 11) is 1.24. The molecule has 3 aromatic carbocycles. The molecular formula is C32H29Cl3FN3O5. The standard InChI is InChI=1S/C32H29Cl3FN3O5/c1-32(2,3)44-31(42)38-9-7-17(8-10-38)18-11-22(21-6-5-20(36)15-24(21)33)23-16-37-30(41)39(27(23)14-18)28-25(34)12-19(13-26(28)35)29(40)43-4/h5-7,11-15H,8-10,16H2,1-4H3,(H,37,41). The fraction of sp³-hybridized carbons (Fsp3) is 0.281. The Morgan fingerprint density at radius 1 is 0.977 bits per heavy atom. The first-order valence-corrected chi connectivity index (χ1v) is 14.9. The van der Waals surface area contributed by atoms with E-state index >= 15 is 0 Å². The number of amides is 3. The highest BCUT2D eigenvalue weighted by molar-refractivity contribution is 6.41. The smallest absolute Gasteiger partial charge is 0.410 e. The van der Waals surface area contributed by atoms with E-state index in [9.17, 15) is 18.8 Å². The Morgan fingerprint density at radius 3 is 2.27 bits per heavy atom. The fourth-order valence-electron chi connectivity index (χ4n) is 5.19. The van der Waals surface area contributed by atoms with Crippen LogP contribution in [-0.4, -0.2) is 48.8 Å². The highest BCUT2D eigenvalue weighted by Gasteiger charge is 2.33. The monoisotopic (exact) mass is 659 g/mol. The first kappa shape index (κ1) is 31.6. The summed E-state index contributed by atoms with van der Waals surface area (Å²) in [4.78, 5) is 41.3. The van der Waals surface area contributed by atoms with E-state index in [0.29, 0.717) is 41.9 Å². The third-order valence-corrected chi connectivity index (χ3v) is 8.09. The van der Waals surface area contributed by atoms with Crippen LogP contribution in [0, 0.1) is 5.82 Å². The molecule has 0 saturated carbocycles. The lowest BCUT2D eigenvalue weighted by atomic mass is 9.89. The molecule has 44 heavy (non-hydrogen) atoms. The number of nitrogens with zero attached hydrogens (tertiary/aromatic N) is 2. The highest BCUT2D eigenvalue weighted by Crippen LogP contribution is 2.46. The van der Waals surface area contributed by atoms with Crippen LogP contribution in [0.25, 0.3) is 16.7 Å². The van der Waals surface area contributed by atoms with E-state index in [-0.39, 0.29) is 32.9 Å². The molecule has 0 aromatic heterocycles. The Hall–Kier alpha value is -3.79. The van der Waals surface area contributed by atoms with Crippen molar-refractivity contribution in [2.24, 2.45) is 0 Å². The number of fused-ring (bicyclic) bond motifs is 1. The van der Waals surface area contributed by atoms with Gasteiger partial charge in [0.1, 0.15) is 11.4 Å². The van der Waals surface area contributed by atoms with E-state index in [0.717, 1.165) is 11.1 Å². The number of rotatable bonds is 4. The third-order valence-electron chi connectivity index (χ3n) is 7.20. The van der Waals surface area contributed by atoms with E-state index in [1.165, 1.54) is 36.3 Å². The van der Waals surface area contributed by atoms with Gasteiger partial charge in [0.2, 0.25) is 0 Å². The molecule has 3 amide bonds. The summed E-state index contributed by atoms with van der Waals surface area (Å²) in [6.07, 6.45) is 2.04. The van der Waals surface area contributed by atoms with Crippen molar-refractivity contribution in [1.82, 2.24) is 10.2 Å². The van der Waals surface area contributed by atoms with Crippen molar-refractivity contribution in [2.75, 3.05) is 25.1 Å². The summed E-state index contributed by atoms with van der Waals surface area (Å²) in [5, 5.41) is 3.16. The average molecular weight is 661 g/mol. The second-order valence-corrected chi connectivity index (χ2v) is 12.5. The number of hydrogen-bond donors (Lipinski definition) is 1. The van der Waals surface area contributed by atoms with Crippen LogP contribution in [0.3, 0.4) is 0 Å². The van der Waals surface area contributed by atoms with Crippen molar-refractivity contribution in [3.8, 4) is 11.1 Å². The van der Waals surface area contributed by atoms with Gasteiger partial charge in [0.15, 0.2) is 0 Å². The summed E-state index contributed by atoms with van der Waals surface area (Å²) < 4.78 is 24.4. The van der Waals surface area contributed by atoms with Crippen LogP contribution in [0.4, 0.5) is 25.4 Å². The van der Waals surface area contributed by atoms with Crippen molar-refractivity contribution in [2.45, 2.75) is 39.3 Å². The first-order valence-electron chi connectivity index (χ1n) is 13.7. The maximum Gasteiger partial charge on any atom is 0.410 e. The number of carbonyl (C=O) groups excluding carboxylic acids is 3. The molecule has 0 saturated heterocycles. The van der Waals surface area contributed by atoms with E-state index in [1.807, 2.05) is 39.0 Å². The van der Waals surface area contributed by atoms with E-state index < -0.39 is 29.5 Å². The lowest BCUT2D eigenvalue weighted by Gasteiger charge is -2.34. The number of nitrogens with one attached hydrogen (secondary N) is 1. The molecule has 0 spiro atoms. The first-order chi connectivity index (χ1) is 20.8. The minimum atomic E-state index is -0.635. The molecule has 2 aliphatic rings. The predicted molar refractivity (Wildman–Crippen MR) is 169 cm³/mol. The third kappa shape index (κ3) is 6.36. The SMILES string of the molecule is COC(=O)c1cc(Cl)c(N2C(=O)NCc3c(-c4ccc(F)cc4Cl)cc(C4=CCN(C(=O)OC(C)(C)C)CC4)cc32)c(Cl)c1. The lowest BCUT2D eigenvalue weighted by molar-refractivity contribution is 0.0270. The van der Waals surface area contributed by atoms with Gasteiger partial charge < -0.3 is 19.7 Å². The number of carbonyl (C=O) groups is 3. The predicted octanol–water partition coefficient (Wildman–Crippen LogP) is 8.63. The minimum Gasteiger partial charge on any atom is -0.465 e. The van der Waals surface area contributed by atoms with Gasteiger partial charge in [-0.25, -0.2) is 18.8 Å². The maximum absolute atomic E-state index is 14.1. The van der Waals surface area contributed by atoms with Crippen LogP contribution in [0.1, 0.15) is 48.7 Å². The molecule has 0 unspecified atom stereocenters. The number of anilines is 2. The number of ether oxygens (including phenoxy) is 2. The largest absolute Gasteiger partial charge is 0.465 e. The number of methoxy groups -OCH3 is 1. The fourth-order valence-corrected chi connectivity index (χ4v) is 6.11. The van der Waals surface area contributed by atoms with E-state index in [4.69, 9.17) is 44.3 Å².